The molecule has 1 unspecified atom stereocenters. The van der Waals surface area contributed by atoms with E-state index in [1.165, 1.54) is 37.9 Å². The maximum absolute atomic E-state index is 5.43. The Kier molecular flexibility index (Phi) is 12.6. The fourth-order valence-corrected chi connectivity index (χ4v) is 2.43. The first kappa shape index (κ1) is 15.3. The van der Waals surface area contributed by atoms with Crippen LogP contribution in [0.2, 0.25) is 0 Å². The summed E-state index contributed by atoms with van der Waals surface area (Å²) in [6.45, 7) is 4.37. The maximum atomic E-state index is 5.43. The molecule has 0 aromatic rings. The van der Waals surface area contributed by atoms with Gasteiger partial charge in [-0.2, -0.15) is 11.8 Å². The van der Waals surface area contributed by atoms with Crippen molar-refractivity contribution in [2.75, 3.05) is 31.6 Å². The number of hydrogen-bond acceptors (Lipinski definition) is 3. The SMILES string of the molecule is CNCCCC(C)CCCCSCCN. The van der Waals surface area contributed by atoms with Gasteiger partial charge in [0.15, 0.2) is 0 Å². The lowest BCUT2D eigenvalue weighted by Gasteiger charge is -2.10. The molecule has 3 N–H and O–H groups in total. The van der Waals surface area contributed by atoms with E-state index >= 15 is 0 Å². The van der Waals surface area contributed by atoms with E-state index in [2.05, 4.69) is 12.2 Å². The second-order valence-electron chi connectivity index (χ2n) is 4.25. The average molecular weight is 232 g/mol. The van der Waals surface area contributed by atoms with Crippen molar-refractivity contribution in [2.45, 2.75) is 39.0 Å². The summed E-state index contributed by atoms with van der Waals surface area (Å²) in [7, 11) is 2.03. The molecule has 0 rings (SSSR count). The number of thioether (sulfide) groups is 1. The highest BCUT2D eigenvalue weighted by atomic mass is 32.2. The maximum Gasteiger partial charge on any atom is 0.00558 e. The third-order valence-electron chi connectivity index (χ3n) is 2.62. The summed E-state index contributed by atoms with van der Waals surface area (Å²) in [4.78, 5) is 0. The third kappa shape index (κ3) is 12.2. The molecule has 0 saturated carbocycles. The number of hydrogen-bond donors (Lipinski definition) is 2. The van der Waals surface area contributed by atoms with Crippen LogP contribution in [0.1, 0.15) is 39.0 Å². The molecule has 0 fully saturated rings. The van der Waals surface area contributed by atoms with Crippen molar-refractivity contribution in [3.63, 3.8) is 0 Å². The van der Waals surface area contributed by atoms with Gasteiger partial charge in [-0.05, 0) is 44.5 Å². The van der Waals surface area contributed by atoms with Crippen LogP contribution < -0.4 is 11.1 Å². The highest BCUT2D eigenvalue weighted by Crippen LogP contribution is 2.15. The minimum absolute atomic E-state index is 0.824. The number of unbranched alkanes of at least 4 members (excludes halogenated alkanes) is 1. The van der Waals surface area contributed by atoms with Crippen molar-refractivity contribution in [3.8, 4) is 0 Å². The van der Waals surface area contributed by atoms with E-state index in [-0.39, 0.29) is 0 Å². The topological polar surface area (TPSA) is 38.0 Å². The fourth-order valence-electron chi connectivity index (χ4n) is 1.65. The van der Waals surface area contributed by atoms with E-state index in [0.717, 1.165) is 24.8 Å². The summed E-state index contributed by atoms with van der Waals surface area (Å²) in [6, 6.07) is 0. The molecule has 0 heterocycles. The summed E-state index contributed by atoms with van der Waals surface area (Å²) in [5.41, 5.74) is 5.43. The van der Waals surface area contributed by atoms with Gasteiger partial charge in [0.1, 0.15) is 0 Å². The molecule has 0 aromatic heterocycles. The molecule has 0 radical (unpaired) electrons. The molecule has 0 spiro atoms. The van der Waals surface area contributed by atoms with Gasteiger partial charge in [0.25, 0.3) is 0 Å². The molecule has 3 heteroatoms. The summed E-state index contributed by atoms with van der Waals surface area (Å²) in [5, 5.41) is 3.20. The normalized spacial score (nSPS) is 13.0. The molecule has 0 aliphatic rings. The van der Waals surface area contributed by atoms with E-state index in [9.17, 15) is 0 Å². The zero-order valence-corrected chi connectivity index (χ0v) is 11.2. The zero-order chi connectivity index (χ0) is 11.4. The van der Waals surface area contributed by atoms with E-state index in [1.807, 2.05) is 18.8 Å². The fraction of sp³-hybridized carbons (Fsp3) is 1.00. The molecule has 1 atom stereocenters. The lowest BCUT2D eigenvalue weighted by Crippen LogP contribution is -2.09. The van der Waals surface area contributed by atoms with Gasteiger partial charge in [0, 0.05) is 12.3 Å². The molecule has 0 aliphatic carbocycles. The minimum atomic E-state index is 0.824. The molecule has 0 aliphatic heterocycles. The van der Waals surface area contributed by atoms with Crippen LogP contribution in [0.15, 0.2) is 0 Å². The zero-order valence-electron chi connectivity index (χ0n) is 10.4. The molecular formula is C12H28N2S. The lowest BCUT2D eigenvalue weighted by molar-refractivity contribution is 0.453. The molecule has 92 valence electrons. The van der Waals surface area contributed by atoms with Crippen molar-refractivity contribution in [1.29, 1.82) is 0 Å². The van der Waals surface area contributed by atoms with Gasteiger partial charge in [-0.15, -0.1) is 0 Å². The van der Waals surface area contributed by atoms with Crippen LogP contribution >= 0.6 is 11.8 Å². The minimum Gasteiger partial charge on any atom is -0.330 e. The van der Waals surface area contributed by atoms with Gasteiger partial charge >= 0.3 is 0 Å². The Labute approximate surface area is 99.8 Å². The summed E-state index contributed by atoms with van der Waals surface area (Å²) in [6.07, 6.45) is 6.84. The Balaban J connectivity index is 3.06. The second kappa shape index (κ2) is 12.3. The van der Waals surface area contributed by atoms with Gasteiger partial charge < -0.3 is 11.1 Å². The Morgan fingerprint density at radius 1 is 1.13 bits per heavy atom. The quantitative estimate of drug-likeness (QED) is 0.538. The van der Waals surface area contributed by atoms with Crippen LogP contribution in [0.5, 0.6) is 0 Å². The largest absolute Gasteiger partial charge is 0.330 e. The lowest BCUT2D eigenvalue weighted by atomic mass is 9.99. The van der Waals surface area contributed by atoms with E-state index in [0.29, 0.717) is 0 Å². The molecule has 0 amide bonds. The van der Waals surface area contributed by atoms with Crippen LogP contribution in [0.4, 0.5) is 0 Å². The first-order valence-corrected chi connectivity index (χ1v) is 7.39. The molecule has 0 saturated heterocycles. The molecule has 0 bridgehead atoms. The van der Waals surface area contributed by atoms with Gasteiger partial charge in [0.05, 0.1) is 0 Å². The van der Waals surface area contributed by atoms with Gasteiger partial charge in [0.2, 0.25) is 0 Å². The van der Waals surface area contributed by atoms with Crippen LogP contribution in [0.3, 0.4) is 0 Å². The standard InChI is InChI=1S/C12H28N2S/c1-12(7-5-9-14-2)6-3-4-10-15-11-8-13/h12,14H,3-11,13H2,1-2H3. The Hall–Kier alpha value is 0.270. The van der Waals surface area contributed by atoms with E-state index < -0.39 is 0 Å². The molecule has 15 heavy (non-hydrogen) atoms. The Morgan fingerprint density at radius 3 is 2.53 bits per heavy atom. The van der Waals surface area contributed by atoms with Gasteiger partial charge in [-0.25, -0.2) is 0 Å². The predicted molar refractivity (Wildman–Crippen MR) is 72.6 cm³/mol. The Bertz CT molecular complexity index is 120. The highest BCUT2D eigenvalue weighted by molar-refractivity contribution is 7.99. The van der Waals surface area contributed by atoms with Crippen molar-refractivity contribution in [3.05, 3.63) is 0 Å². The van der Waals surface area contributed by atoms with Crippen molar-refractivity contribution in [2.24, 2.45) is 11.7 Å². The van der Waals surface area contributed by atoms with Gasteiger partial charge in [-0.3, -0.25) is 0 Å². The number of nitrogens with one attached hydrogen (secondary N) is 1. The van der Waals surface area contributed by atoms with Crippen LogP contribution in [-0.2, 0) is 0 Å². The van der Waals surface area contributed by atoms with Gasteiger partial charge in [-0.1, -0.05) is 19.8 Å². The predicted octanol–water partition coefficient (Wildman–Crippen LogP) is 2.48. The second-order valence-corrected chi connectivity index (χ2v) is 5.47. The smallest absolute Gasteiger partial charge is 0.00558 e. The summed E-state index contributed by atoms with van der Waals surface area (Å²) >= 11 is 1.99. The Morgan fingerprint density at radius 2 is 1.87 bits per heavy atom. The number of nitrogens with two attached hydrogens (primary N) is 1. The first-order chi connectivity index (χ1) is 7.31. The van der Waals surface area contributed by atoms with Crippen LogP contribution in [-0.4, -0.2) is 31.6 Å². The molecule has 0 aromatic carbocycles. The highest BCUT2D eigenvalue weighted by Gasteiger charge is 2.01. The first-order valence-electron chi connectivity index (χ1n) is 6.23. The van der Waals surface area contributed by atoms with Crippen LogP contribution in [0.25, 0.3) is 0 Å². The van der Waals surface area contributed by atoms with Crippen LogP contribution in [0, 0.1) is 5.92 Å². The van der Waals surface area contributed by atoms with Crippen molar-refractivity contribution in [1.82, 2.24) is 5.32 Å². The third-order valence-corrected chi connectivity index (χ3v) is 3.72. The monoisotopic (exact) mass is 232 g/mol. The van der Waals surface area contributed by atoms with Crippen molar-refractivity contribution < 1.29 is 0 Å². The van der Waals surface area contributed by atoms with E-state index in [1.54, 1.807) is 0 Å². The van der Waals surface area contributed by atoms with Crippen molar-refractivity contribution >= 4 is 11.8 Å². The molecule has 2 nitrogen and oxygen atoms in total. The number of rotatable bonds is 11. The summed E-state index contributed by atoms with van der Waals surface area (Å²) < 4.78 is 0. The van der Waals surface area contributed by atoms with E-state index in [4.69, 9.17) is 5.73 Å². The molecular weight excluding hydrogens is 204 g/mol. The average Bonchev–Trinajstić information content (AvgIpc) is 2.23. The summed E-state index contributed by atoms with van der Waals surface area (Å²) in [5.74, 6) is 3.32.